The van der Waals surface area contributed by atoms with Crippen molar-refractivity contribution in [1.82, 2.24) is 0 Å². The van der Waals surface area contributed by atoms with Crippen LogP contribution in [0.1, 0.15) is 55.3 Å². The lowest BCUT2D eigenvalue weighted by atomic mass is 9.85. The van der Waals surface area contributed by atoms with E-state index in [-0.39, 0.29) is 11.0 Å². The van der Waals surface area contributed by atoms with E-state index in [1.54, 1.807) is 6.07 Å². The number of nitrogen functional groups attached to an aromatic ring is 1. The molecule has 16 heavy (non-hydrogen) atoms. The van der Waals surface area contributed by atoms with E-state index in [1.165, 1.54) is 11.3 Å². The monoisotopic (exact) mass is 241 g/mol. The van der Waals surface area contributed by atoms with Crippen LogP contribution in [0.4, 0.5) is 5.00 Å². The van der Waals surface area contributed by atoms with Crippen LogP contribution in [0.5, 0.6) is 0 Å². The van der Waals surface area contributed by atoms with Crippen molar-refractivity contribution in [2.24, 2.45) is 5.41 Å². The maximum Gasteiger partial charge on any atom is 0.338 e. The second-order valence-corrected chi connectivity index (χ2v) is 6.51. The van der Waals surface area contributed by atoms with Gasteiger partial charge in [-0.25, -0.2) is 4.79 Å². The quantitative estimate of drug-likeness (QED) is 0.850. The van der Waals surface area contributed by atoms with Gasteiger partial charge in [-0.3, -0.25) is 0 Å². The Morgan fingerprint density at radius 2 is 2.12 bits per heavy atom. The van der Waals surface area contributed by atoms with Crippen LogP contribution in [0, 0.1) is 5.41 Å². The Hall–Kier alpha value is -1.03. The molecule has 0 aliphatic heterocycles. The van der Waals surface area contributed by atoms with E-state index in [2.05, 4.69) is 27.7 Å². The van der Waals surface area contributed by atoms with Gasteiger partial charge in [-0.2, -0.15) is 0 Å². The lowest BCUT2D eigenvalue weighted by Gasteiger charge is -2.22. The first-order valence-electron chi connectivity index (χ1n) is 5.33. The summed E-state index contributed by atoms with van der Waals surface area (Å²) in [7, 11) is 0. The van der Waals surface area contributed by atoms with Crippen molar-refractivity contribution >= 4 is 22.3 Å². The molecule has 1 unspecified atom stereocenters. The van der Waals surface area contributed by atoms with Gasteiger partial charge in [0, 0.05) is 4.88 Å². The predicted octanol–water partition coefficient (Wildman–Crippen LogP) is 3.57. The van der Waals surface area contributed by atoms with Crippen LogP contribution in [0.3, 0.4) is 0 Å². The number of anilines is 1. The van der Waals surface area contributed by atoms with E-state index in [9.17, 15) is 4.79 Å². The van der Waals surface area contributed by atoms with Crippen LogP contribution in [0.15, 0.2) is 6.07 Å². The molecule has 0 saturated carbocycles. The summed E-state index contributed by atoms with van der Waals surface area (Å²) >= 11 is 1.39. The Balaban J connectivity index is 2.89. The van der Waals surface area contributed by atoms with Gasteiger partial charge in [0.25, 0.3) is 0 Å². The number of carboxylic acid groups (broad SMARTS) is 1. The molecule has 0 spiro atoms. The highest BCUT2D eigenvalue weighted by Crippen LogP contribution is 2.36. The van der Waals surface area contributed by atoms with Crippen molar-refractivity contribution in [3.63, 3.8) is 0 Å². The molecule has 1 heterocycles. The smallest absolute Gasteiger partial charge is 0.338 e. The van der Waals surface area contributed by atoms with Gasteiger partial charge in [0.05, 0.1) is 5.56 Å². The minimum absolute atomic E-state index is 0.237. The molecule has 1 atom stereocenters. The minimum atomic E-state index is -0.942. The van der Waals surface area contributed by atoms with E-state index in [0.29, 0.717) is 10.9 Å². The molecule has 0 saturated heterocycles. The zero-order valence-electron chi connectivity index (χ0n) is 10.2. The van der Waals surface area contributed by atoms with Crippen LogP contribution in [-0.4, -0.2) is 11.1 Å². The maximum atomic E-state index is 10.9. The first kappa shape index (κ1) is 13.0. The summed E-state index contributed by atoms with van der Waals surface area (Å²) < 4.78 is 0. The van der Waals surface area contributed by atoms with Gasteiger partial charge in [-0.1, -0.05) is 27.7 Å². The normalized spacial score (nSPS) is 13.8. The van der Waals surface area contributed by atoms with Gasteiger partial charge in [-0.05, 0) is 23.8 Å². The van der Waals surface area contributed by atoms with Crippen LogP contribution < -0.4 is 5.73 Å². The summed E-state index contributed by atoms with van der Waals surface area (Å²) in [5.74, 6) is -0.594. The van der Waals surface area contributed by atoms with Gasteiger partial charge in [0.1, 0.15) is 5.00 Å². The third-order valence-corrected chi connectivity index (χ3v) is 3.61. The Bertz CT molecular complexity index is 390. The van der Waals surface area contributed by atoms with E-state index in [1.807, 2.05) is 0 Å². The Morgan fingerprint density at radius 3 is 2.50 bits per heavy atom. The van der Waals surface area contributed by atoms with Crippen molar-refractivity contribution in [2.45, 2.75) is 40.0 Å². The largest absolute Gasteiger partial charge is 0.478 e. The molecule has 1 aromatic rings. The van der Waals surface area contributed by atoms with Crippen LogP contribution >= 0.6 is 11.3 Å². The van der Waals surface area contributed by atoms with Crippen molar-refractivity contribution in [2.75, 3.05) is 5.73 Å². The van der Waals surface area contributed by atoms with Crippen LogP contribution in [0.2, 0.25) is 0 Å². The number of rotatable bonds is 3. The maximum absolute atomic E-state index is 10.9. The SMILES string of the molecule is CC(CC(C)(C)C)c1cc(C(=O)O)c(N)s1. The highest BCUT2D eigenvalue weighted by molar-refractivity contribution is 7.16. The van der Waals surface area contributed by atoms with E-state index in [0.717, 1.165) is 11.3 Å². The summed E-state index contributed by atoms with van der Waals surface area (Å²) in [5, 5.41) is 9.33. The molecule has 0 aromatic carbocycles. The summed E-state index contributed by atoms with van der Waals surface area (Å²) in [6.45, 7) is 8.65. The first-order valence-corrected chi connectivity index (χ1v) is 6.15. The standard InChI is InChI=1S/C12H19NO2S/c1-7(6-12(2,3)4)9-5-8(11(14)15)10(13)16-9/h5,7H,6,13H2,1-4H3,(H,14,15). The first-order chi connectivity index (χ1) is 7.20. The molecule has 0 radical (unpaired) electrons. The average molecular weight is 241 g/mol. The van der Waals surface area contributed by atoms with Gasteiger partial charge < -0.3 is 10.8 Å². The molecule has 0 fully saturated rings. The Kier molecular flexibility index (Phi) is 3.63. The zero-order chi connectivity index (χ0) is 12.5. The van der Waals surface area contributed by atoms with Crippen molar-refractivity contribution < 1.29 is 9.90 Å². The summed E-state index contributed by atoms with van der Waals surface area (Å²) in [4.78, 5) is 11.9. The Labute approximate surface area is 100 Å². The second-order valence-electron chi connectivity index (χ2n) is 5.40. The molecule has 1 rings (SSSR count). The summed E-state index contributed by atoms with van der Waals surface area (Å²) in [6.07, 6.45) is 1.02. The number of carbonyl (C=O) groups is 1. The van der Waals surface area contributed by atoms with Gasteiger partial charge in [0.2, 0.25) is 0 Å². The number of nitrogens with two attached hydrogens (primary N) is 1. The minimum Gasteiger partial charge on any atom is -0.478 e. The van der Waals surface area contributed by atoms with Crippen molar-refractivity contribution in [3.05, 3.63) is 16.5 Å². The summed E-state index contributed by atoms with van der Waals surface area (Å²) in [5.41, 5.74) is 6.16. The topological polar surface area (TPSA) is 63.3 Å². The van der Waals surface area contributed by atoms with Crippen molar-refractivity contribution in [3.8, 4) is 0 Å². The summed E-state index contributed by atoms with van der Waals surface area (Å²) in [6, 6.07) is 1.71. The molecule has 1 aromatic heterocycles. The molecule has 0 amide bonds. The number of aromatic carboxylic acids is 1. The predicted molar refractivity (Wildman–Crippen MR) is 68.2 cm³/mol. The molecular weight excluding hydrogens is 222 g/mol. The van der Waals surface area contributed by atoms with E-state index < -0.39 is 5.97 Å². The molecule has 4 heteroatoms. The zero-order valence-corrected chi connectivity index (χ0v) is 11.0. The average Bonchev–Trinajstić information content (AvgIpc) is 2.44. The number of hydrogen-bond donors (Lipinski definition) is 2. The van der Waals surface area contributed by atoms with Gasteiger partial charge in [0.15, 0.2) is 0 Å². The fourth-order valence-corrected chi connectivity index (χ4v) is 2.83. The Morgan fingerprint density at radius 1 is 1.56 bits per heavy atom. The fraction of sp³-hybridized carbons (Fsp3) is 0.583. The van der Waals surface area contributed by atoms with E-state index >= 15 is 0 Å². The molecule has 3 nitrogen and oxygen atoms in total. The lowest BCUT2D eigenvalue weighted by Crippen LogP contribution is -2.09. The lowest BCUT2D eigenvalue weighted by molar-refractivity contribution is 0.0698. The second kappa shape index (κ2) is 4.45. The molecule has 0 aliphatic rings. The van der Waals surface area contributed by atoms with Crippen LogP contribution in [0.25, 0.3) is 0 Å². The molecular formula is C12H19NO2S. The number of thiophene rings is 1. The number of carboxylic acids is 1. The fourth-order valence-electron chi connectivity index (χ4n) is 1.85. The molecule has 90 valence electrons. The van der Waals surface area contributed by atoms with Gasteiger partial charge in [-0.15, -0.1) is 11.3 Å². The third-order valence-electron chi connectivity index (χ3n) is 2.41. The highest BCUT2D eigenvalue weighted by Gasteiger charge is 2.20. The molecule has 3 N–H and O–H groups in total. The van der Waals surface area contributed by atoms with Gasteiger partial charge >= 0.3 is 5.97 Å². The molecule has 0 bridgehead atoms. The van der Waals surface area contributed by atoms with Crippen molar-refractivity contribution in [1.29, 1.82) is 0 Å². The van der Waals surface area contributed by atoms with Crippen LogP contribution in [-0.2, 0) is 0 Å². The van der Waals surface area contributed by atoms with E-state index in [4.69, 9.17) is 10.8 Å². The third kappa shape index (κ3) is 3.23. The number of hydrogen-bond acceptors (Lipinski definition) is 3. The molecule has 0 aliphatic carbocycles. The highest BCUT2D eigenvalue weighted by atomic mass is 32.1.